The van der Waals surface area contributed by atoms with Gasteiger partial charge in [0, 0.05) is 18.0 Å². The number of rotatable bonds is 3. The predicted octanol–water partition coefficient (Wildman–Crippen LogP) is 3.14. The lowest BCUT2D eigenvalue weighted by atomic mass is 9.91. The summed E-state index contributed by atoms with van der Waals surface area (Å²) in [5.41, 5.74) is 2.90. The molecule has 19 heavy (non-hydrogen) atoms. The molecule has 3 rings (SSSR count). The van der Waals surface area contributed by atoms with Gasteiger partial charge in [0.05, 0.1) is 6.67 Å². The van der Waals surface area contributed by atoms with Crippen LogP contribution in [-0.4, -0.2) is 6.67 Å². The summed E-state index contributed by atoms with van der Waals surface area (Å²) in [6.45, 7) is 0.760. The molecule has 0 unspecified atom stereocenters. The van der Waals surface area contributed by atoms with Gasteiger partial charge in [0.1, 0.15) is 11.6 Å². The first-order valence-electron chi connectivity index (χ1n) is 6.55. The van der Waals surface area contributed by atoms with Gasteiger partial charge in [0.2, 0.25) is 0 Å². The quantitative estimate of drug-likeness (QED) is 0.874. The summed E-state index contributed by atoms with van der Waals surface area (Å²) >= 11 is 0. The summed E-state index contributed by atoms with van der Waals surface area (Å²) in [6, 6.07) is 3.75. The van der Waals surface area contributed by atoms with Crippen molar-refractivity contribution in [3.8, 4) is 0 Å². The van der Waals surface area contributed by atoms with Crippen molar-refractivity contribution in [2.45, 2.75) is 19.3 Å². The van der Waals surface area contributed by atoms with Gasteiger partial charge in [-0.1, -0.05) is 6.08 Å². The Morgan fingerprint density at radius 1 is 1.16 bits per heavy atom. The topological polar surface area (TPSA) is 24.1 Å². The molecular formula is C15H16F2N2. The lowest BCUT2D eigenvalue weighted by Crippen LogP contribution is -2.15. The number of halogens is 2. The molecule has 0 spiro atoms. The third kappa shape index (κ3) is 2.62. The molecule has 0 saturated carbocycles. The van der Waals surface area contributed by atoms with E-state index in [9.17, 15) is 8.78 Å². The zero-order chi connectivity index (χ0) is 13.2. The van der Waals surface area contributed by atoms with Crippen LogP contribution in [0.5, 0.6) is 0 Å². The molecule has 1 aliphatic heterocycles. The highest BCUT2D eigenvalue weighted by atomic mass is 19.1. The van der Waals surface area contributed by atoms with Crippen LogP contribution in [0.4, 0.5) is 8.78 Å². The molecule has 2 N–H and O–H groups in total. The van der Waals surface area contributed by atoms with Crippen molar-refractivity contribution in [3.63, 3.8) is 0 Å². The van der Waals surface area contributed by atoms with Crippen molar-refractivity contribution in [1.29, 1.82) is 0 Å². The maximum absolute atomic E-state index is 13.3. The van der Waals surface area contributed by atoms with Crippen LogP contribution in [0, 0.1) is 17.6 Å². The predicted molar refractivity (Wildman–Crippen MR) is 70.9 cm³/mol. The Hall–Kier alpha value is -1.84. The van der Waals surface area contributed by atoms with Crippen LogP contribution >= 0.6 is 0 Å². The van der Waals surface area contributed by atoms with Crippen LogP contribution < -0.4 is 10.6 Å². The Balaban J connectivity index is 1.82. The Bertz CT molecular complexity index is 529. The van der Waals surface area contributed by atoms with Gasteiger partial charge in [0.25, 0.3) is 0 Å². The molecule has 2 nitrogen and oxygen atoms in total. The number of hydrogen-bond donors (Lipinski definition) is 2. The molecule has 1 aliphatic carbocycles. The Labute approximate surface area is 111 Å². The Morgan fingerprint density at radius 2 is 1.95 bits per heavy atom. The fourth-order valence-electron chi connectivity index (χ4n) is 2.83. The molecule has 0 aromatic heterocycles. The zero-order valence-corrected chi connectivity index (χ0v) is 10.5. The first-order chi connectivity index (χ1) is 9.22. The highest BCUT2D eigenvalue weighted by Crippen LogP contribution is 2.37. The highest BCUT2D eigenvalue weighted by Gasteiger charge is 2.23. The molecular weight excluding hydrogens is 246 g/mol. The van der Waals surface area contributed by atoms with Gasteiger partial charge in [-0.2, -0.15) is 0 Å². The molecule has 1 atom stereocenters. The van der Waals surface area contributed by atoms with Gasteiger partial charge in [-0.25, -0.2) is 8.78 Å². The van der Waals surface area contributed by atoms with E-state index < -0.39 is 11.6 Å². The summed E-state index contributed by atoms with van der Waals surface area (Å²) in [6.07, 6.45) is 6.96. The first-order valence-corrected chi connectivity index (χ1v) is 6.55. The van der Waals surface area contributed by atoms with Crippen LogP contribution in [-0.2, 0) is 0 Å². The van der Waals surface area contributed by atoms with Gasteiger partial charge in [-0.3, -0.25) is 0 Å². The SMILES string of the molecule is Fc1cc(F)cc(C2=CCC[C@H]2CC2=CNCN2)c1. The number of hydrogen-bond acceptors (Lipinski definition) is 2. The van der Waals surface area contributed by atoms with Gasteiger partial charge < -0.3 is 10.6 Å². The van der Waals surface area contributed by atoms with E-state index in [0.29, 0.717) is 11.5 Å². The minimum absolute atomic E-state index is 0.333. The third-order valence-corrected chi connectivity index (χ3v) is 3.68. The van der Waals surface area contributed by atoms with Gasteiger partial charge in [-0.15, -0.1) is 0 Å². The summed E-state index contributed by atoms with van der Waals surface area (Å²) < 4.78 is 26.6. The molecule has 100 valence electrons. The monoisotopic (exact) mass is 262 g/mol. The van der Waals surface area contributed by atoms with E-state index in [0.717, 1.165) is 43.3 Å². The van der Waals surface area contributed by atoms with E-state index in [1.807, 2.05) is 6.20 Å². The Kier molecular flexibility index (Phi) is 3.23. The van der Waals surface area contributed by atoms with Crippen LogP contribution in [0.1, 0.15) is 24.8 Å². The van der Waals surface area contributed by atoms with Crippen LogP contribution in [0.3, 0.4) is 0 Å². The second-order valence-corrected chi connectivity index (χ2v) is 5.02. The van der Waals surface area contributed by atoms with Crippen molar-refractivity contribution in [2.24, 2.45) is 5.92 Å². The van der Waals surface area contributed by atoms with E-state index >= 15 is 0 Å². The molecule has 1 aromatic carbocycles. The van der Waals surface area contributed by atoms with E-state index in [-0.39, 0.29) is 0 Å². The number of allylic oxidation sites excluding steroid dienone is 3. The van der Waals surface area contributed by atoms with Crippen LogP contribution in [0.25, 0.3) is 5.57 Å². The second kappa shape index (κ2) is 5.03. The smallest absolute Gasteiger partial charge is 0.126 e. The minimum Gasteiger partial charge on any atom is -0.372 e. The molecule has 2 aliphatic rings. The van der Waals surface area contributed by atoms with Gasteiger partial charge >= 0.3 is 0 Å². The minimum atomic E-state index is -0.513. The summed E-state index contributed by atoms with van der Waals surface area (Å²) in [5, 5.41) is 6.36. The highest BCUT2D eigenvalue weighted by molar-refractivity contribution is 5.69. The molecule has 1 aromatic rings. The summed E-state index contributed by atoms with van der Waals surface area (Å²) in [5.74, 6) is -0.692. The van der Waals surface area contributed by atoms with Crippen molar-refractivity contribution in [2.75, 3.05) is 6.67 Å². The molecule has 1 heterocycles. The molecule has 0 bridgehead atoms. The molecule has 0 radical (unpaired) electrons. The fraction of sp³-hybridized carbons (Fsp3) is 0.333. The lowest BCUT2D eigenvalue weighted by Gasteiger charge is -2.16. The second-order valence-electron chi connectivity index (χ2n) is 5.02. The fourth-order valence-corrected chi connectivity index (χ4v) is 2.83. The summed E-state index contributed by atoms with van der Waals surface area (Å²) in [4.78, 5) is 0. The van der Waals surface area contributed by atoms with Crippen molar-refractivity contribution in [1.82, 2.24) is 10.6 Å². The van der Waals surface area contributed by atoms with Gasteiger partial charge in [0.15, 0.2) is 0 Å². The largest absolute Gasteiger partial charge is 0.372 e. The Morgan fingerprint density at radius 3 is 2.63 bits per heavy atom. The molecule has 0 amide bonds. The van der Waals surface area contributed by atoms with Crippen LogP contribution in [0.2, 0.25) is 0 Å². The van der Waals surface area contributed by atoms with Crippen molar-refractivity contribution < 1.29 is 8.78 Å². The molecule has 0 fully saturated rings. The van der Waals surface area contributed by atoms with E-state index in [2.05, 4.69) is 16.7 Å². The average molecular weight is 262 g/mol. The number of nitrogens with one attached hydrogen (secondary N) is 2. The van der Waals surface area contributed by atoms with Gasteiger partial charge in [-0.05, 0) is 48.4 Å². The maximum Gasteiger partial charge on any atom is 0.126 e. The third-order valence-electron chi connectivity index (χ3n) is 3.68. The van der Waals surface area contributed by atoms with E-state index in [1.165, 1.54) is 12.1 Å². The average Bonchev–Trinajstić information content (AvgIpc) is 2.99. The normalized spacial score (nSPS) is 21.7. The van der Waals surface area contributed by atoms with Crippen LogP contribution in [0.15, 0.2) is 36.2 Å². The van der Waals surface area contributed by atoms with E-state index in [4.69, 9.17) is 0 Å². The molecule has 4 heteroatoms. The standard InChI is InChI=1S/C15H16F2N2/c16-12-4-11(5-13(17)7-12)15-3-1-2-10(15)6-14-8-18-9-19-14/h3-5,7-8,10,18-19H,1-2,6,9H2/t10-/m0/s1. The molecule has 0 saturated heterocycles. The summed E-state index contributed by atoms with van der Waals surface area (Å²) in [7, 11) is 0. The first kappa shape index (κ1) is 12.2. The lowest BCUT2D eigenvalue weighted by molar-refractivity contribution is 0.580. The van der Waals surface area contributed by atoms with E-state index in [1.54, 1.807) is 0 Å². The maximum atomic E-state index is 13.3. The zero-order valence-electron chi connectivity index (χ0n) is 10.5. The van der Waals surface area contributed by atoms with Crippen molar-refractivity contribution in [3.05, 3.63) is 53.4 Å². The van der Waals surface area contributed by atoms with Crippen molar-refractivity contribution >= 4 is 5.57 Å². The number of benzene rings is 1.